The molecule has 0 aliphatic heterocycles. The molecule has 2 aromatic rings. The minimum Gasteiger partial charge on any atom is -0.507 e. The maximum Gasteiger partial charge on any atom is 0.124 e. The average Bonchev–Trinajstić information content (AvgIpc) is 2.60. The fourth-order valence-corrected chi connectivity index (χ4v) is 1.94. The van der Waals surface area contributed by atoms with Crippen LogP contribution in [0.2, 0.25) is 0 Å². The van der Waals surface area contributed by atoms with Gasteiger partial charge in [0.1, 0.15) is 5.75 Å². The van der Waals surface area contributed by atoms with Crippen molar-refractivity contribution in [2.24, 2.45) is 0 Å². The molecule has 0 saturated heterocycles. The molecule has 0 unspecified atom stereocenters. The SMILES string of the molecule is Cc1cnn(C(C)(C)C)c1-c1ccccc1O. The summed E-state index contributed by atoms with van der Waals surface area (Å²) in [5.41, 5.74) is 2.78. The van der Waals surface area contributed by atoms with Crippen LogP contribution in [0.4, 0.5) is 0 Å². The molecule has 1 aromatic carbocycles. The third-order valence-electron chi connectivity index (χ3n) is 2.75. The van der Waals surface area contributed by atoms with Crippen LogP contribution in [0, 0.1) is 6.92 Å². The topological polar surface area (TPSA) is 38.0 Å². The highest BCUT2D eigenvalue weighted by atomic mass is 16.3. The van der Waals surface area contributed by atoms with Gasteiger partial charge in [-0.3, -0.25) is 4.68 Å². The number of hydrogen-bond acceptors (Lipinski definition) is 2. The fraction of sp³-hybridized carbons (Fsp3) is 0.357. The Morgan fingerprint density at radius 2 is 1.82 bits per heavy atom. The molecule has 17 heavy (non-hydrogen) atoms. The van der Waals surface area contributed by atoms with Crippen LogP contribution < -0.4 is 0 Å². The molecule has 0 fully saturated rings. The van der Waals surface area contributed by atoms with Gasteiger partial charge >= 0.3 is 0 Å². The number of benzene rings is 1. The highest BCUT2D eigenvalue weighted by molar-refractivity contribution is 5.69. The van der Waals surface area contributed by atoms with Crippen molar-refractivity contribution in [1.82, 2.24) is 9.78 Å². The van der Waals surface area contributed by atoms with E-state index in [4.69, 9.17) is 0 Å². The predicted molar refractivity (Wildman–Crippen MR) is 69.1 cm³/mol. The van der Waals surface area contributed by atoms with Gasteiger partial charge in [0.2, 0.25) is 0 Å². The molecule has 1 N–H and O–H groups in total. The van der Waals surface area contributed by atoms with Crippen LogP contribution in [0.25, 0.3) is 11.3 Å². The smallest absolute Gasteiger partial charge is 0.124 e. The third kappa shape index (κ3) is 2.05. The van der Waals surface area contributed by atoms with E-state index in [2.05, 4.69) is 25.9 Å². The largest absolute Gasteiger partial charge is 0.507 e. The van der Waals surface area contributed by atoms with Crippen molar-refractivity contribution in [3.63, 3.8) is 0 Å². The number of aromatic hydroxyl groups is 1. The zero-order chi connectivity index (χ0) is 12.6. The van der Waals surface area contributed by atoms with Crippen molar-refractivity contribution >= 4 is 0 Å². The monoisotopic (exact) mass is 230 g/mol. The second-order valence-corrected chi connectivity index (χ2v) is 5.28. The highest BCUT2D eigenvalue weighted by Gasteiger charge is 2.21. The normalized spacial score (nSPS) is 11.8. The molecule has 2 rings (SSSR count). The maximum absolute atomic E-state index is 9.96. The van der Waals surface area contributed by atoms with Crippen LogP contribution in [0.3, 0.4) is 0 Å². The molecule has 0 atom stereocenters. The molecule has 0 radical (unpaired) electrons. The van der Waals surface area contributed by atoms with E-state index in [1.165, 1.54) is 0 Å². The number of aromatic nitrogens is 2. The summed E-state index contributed by atoms with van der Waals surface area (Å²) in [5.74, 6) is 0.293. The van der Waals surface area contributed by atoms with Gasteiger partial charge in [0.15, 0.2) is 0 Å². The summed E-state index contributed by atoms with van der Waals surface area (Å²) >= 11 is 0. The van der Waals surface area contributed by atoms with Gasteiger partial charge in [-0.15, -0.1) is 0 Å². The number of para-hydroxylation sites is 1. The van der Waals surface area contributed by atoms with Crippen LogP contribution in [-0.2, 0) is 5.54 Å². The van der Waals surface area contributed by atoms with Crippen LogP contribution in [-0.4, -0.2) is 14.9 Å². The molecular formula is C14H18N2O. The lowest BCUT2D eigenvalue weighted by atomic mass is 10.0. The first-order valence-electron chi connectivity index (χ1n) is 5.75. The number of hydrogen-bond donors (Lipinski definition) is 1. The zero-order valence-corrected chi connectivity index (χ0v) is 10.7. The lowest BCUT2D eigenvalue weighted by molar-refractivity contribution is 0.359. The summed E-state index contributed by atoms with van der Waals surface area (Å²) in [6.45, 7) is 8.31. The van der Waals surface area contributed by atoms with Crippen LogP contribution in [0.15, 0.2) is 30.5 Å². The van der Waals surface area contributed by atoms with Gasteiger partial charge in [-0.1, -0.05) is 12.1 Å². The van der Waals surface area contributed by atoms with Crippen molar-refractivity contribution < 1.29 is 5.11 Å². The first kappa shape index (κ1) is 11.7. The van der Waals surface area contributed by atoms with Crippen LogP contribution >= 0.6 is 0 Å². The standard InChI is InChI=1S/C14H18N2O/c1-10-9-15-16(14(2,3)4)13(10)11-7-5-6-8-12(11)17/h5-9,17H,1-4H3. The van der Waals surface area contributed by atoms with E-state index in [1.807, 2.05) is 36.0 Å². The Kier molecular flexibility index (Phi) is 2.69. The van der Waals surface area contributed by atoms with E-state index in [0.29, 0.717) is 5.75 Å². The van der Waals surface area contributed by atoms with Gasteiger partial charge in [-0.2, -0.15) is 5.10 Å². The Morgan fingerprint density at radius 3 is 2.41 bits per heavy atom. The van der Waals surface area contributed by atoms with Crippen LogP contribution in [0.1, 0.15) is 26.3 Å². The Bertz CT molecular complexity index is 535. The quantitative estimate of drug-likeness (QED) is 0.816. The summed E-state index contributed by atoms with van der Waals surface area (Å²) in [6.07, 6.45) is 1.84. The average molecular weight is 230 g/mol. The zero-order valence-electron chi connectivity index (χ0n) is 10.7. The molecule has 90 valence electrons. The highest BCUT2D eigenvalue weighted by Crippen LogP contribution is 2.33. The first-order chi connectivity index (χ1) is 7.91. The number of rotatable bonds is 1. The molecule has 0 amide bonds. The van der Waals surface area contributed by atoms with E-state index in [9.17, 15) is 5.11 Å². The Labute approximate surface area is 102 Å². The Morgan fingerprint density at radius 1 is 1.18 bits per heavy atom. The second kappa shape index (κ2) is 3.91. The molecule has 0 bridgehead atoms. The predicted octanol–water partition coefficient (Wildman–Crippen LogP) is 3.32. The molecule has 3 heteroatoms. The minimum atomic E-state index is -0.105. The molecular weight excluding hydrogens is 212 g/mol. The summed E-state index contributed by atoms with van der Waals surface area (Å²) in [6, 6.07) is 7.37. The summed E-state index contributed by atoms with van der Waals surface area (Å²) in [5, 5.41) is 14.4. The lowest BCUT2D eigenvalue weighted by Gasteiger charge is -2.23. The van der Waals surface area contributed by atoms with Crippen LogP contribution in [0.5, 0.6) is 5.75 Å². The van der Waals surface area contributed by atoms with Crippen molar-refractivity contribution in [1.29, 1.82) is 0 Å². The van der Waals surface area contributed by atoms with Gasteiger partial charge in [0.05, 0.1) is 17.4 Å². The lowest BCUT2D eigenvalue weighted by Crippen LogP contribution is -2.24. The third-order valence-corrected chi connectivity index (χ3v) is 2.75. The number of nitrogens with zero attached hydrogens (tertiary/aromatic N) is 2. The number of aryl methyl sites for hydroxylation is 1. The van der Waals surface area contributed by atoms with Crippen molar-refractivity contribution in [3.8, 4) is 17.0 Å². The molecule has 0 aliphatic carbocycles. The molecule has 0 spiro atoms. The van der Waals surface area contributed by atoms with Gasteiger partial charge in [-0.25, -0.2) is 0 Å². The molecule has 3 nitrogen and oxygen atoms in total. The summed E-state index contributed by atoms with van der Waals surface area (Å²) < 4.78 is 1.96. The molecule has 1 aromatic heterocycles. The van der Waals surface area contributed by atoms with Gasteiger partial charge in [-0.05, 0) is 45.4 Å². The van der Waals surface area contributed by atoms with Gasteiger partial charge in [0, 0.05) is 5.56 Å². The first-order valence-corrected chi connectivity index (χ1v) is 5.75. The summed E-state index contributed by atoms with van der Waals surface area (Å²) in [7, 11) is 0. The molecule has 1 heterocycles. The van der Waals surface area contributed by atoms with E-state index < -0.39 is 0 Å². The molecule has 0 aliphatic rings. The number of phenols is 1. The molecule has 0 saturated carbocycles. The Hall–Kier alpha value is -1.77. The second-order valence-electron chi connectivity index (χ2n) is 5.28. The summed E-state index contributed by atoms with van der Waals surface area (Å²) in [4.78, 5) is 0. The van der Waals surface area contributed by atoms with Crippen molar-refractivity contribution in [3.05, 3.63) is 36.0 Å². The van der Waals surface area contributed by atoms with Crippen molar-refractivity contribution in [2.45, 2.75) is 33.2 Å². The Balaban J connectivity index is 2.68. The maximum atomic E-state index is 9.96. The minimum absolute atomic E-state index is 0.105. The van der Waals surface area contributed by atoms with E-state index in [-0.39, 0.29) is 5.54 Å². The van der Waals surface area contributed by atoms with E-state index >= 15 is 0 Å². The van der Waals surface area contributed by atoms with Crippen molar-refractivity contribution in [2.75, 3.05) is 0 Å². The van der Waals surface area contributed by atoms with E-state index in [0.717, 1.165) is 16.8 Å². The fourth-order valence-electron chi connectivity index (χ4n) is 1.94. The van der Waals surface area contributed by atoms with Gasteiger partial charge < -0.3 is 5.11 Å². The van der Waals surface area contributed by atoms with Gasteiger partial charge in [0.25, 0.3) is 0 Å². The number of phenolic OH excluding ortho intramolecular Hbond substituents is 1. The van der Waals surface area contributed by atoms with E-state index in [1.54, 1.807) is 6.07 Å².